The van der Waals surface area contributed by atoms with Gasteiger partial charge >= 0.3 is 5.97 Å². The van der Waals surface area contributed by atoms with Gasteiger partial charge in [0.25, 0.3) is 0 Å². The minimum absolute atomic E-state index is 0.0850. The molecule has 1 N–H and O–H groups in total. The Kier molecular flexibility index (Phi) is 2.60. The molecule has 6 nitrogen and oxygen atoms in total. The molecule has 0 spiro atoms. The first kappa shape index (κ1) is 12.2. The standard InChI is InChI=1S/C12H12N2O4S/c15-12(16)8-1-3-14-6-10(13-11(14)5-8)9-2-4-19(17,18)7-9/h1,3,5-6,9H,2,4,7H2,(H,15,16). The number of imidazole rings is 1. The first-order valence-electron chi connectivity index (χ1n) is 5.87. The van der Waals surface area contributed by atoms with Crippen molar-refractivity contribution in [2.45, 2.75) is 12.3 Å². The molecule has 19 heavy (non-hydrogen) atoms. The number of hydrogen-bond donors (Lipinski definition) is 1. The molecule has 0 amide bonds. The first-order chi connectivity index (χ1) is 8.94. The SMILES string of the molecule is O=C(O)c1ccn2cc(C3CCS(=O)(=O)C3)nc2c1. The van der Waals surface area contributed by atoms with Gasteiger partial charge in [-0.2, -0.15) is 0 Å². The third-order valence-corrected chi connectivity index (χ3v) is 5.14. The zero-order chi connectivity index (χ0) is 13.6. The van der Waals surface area contributed by atoms with Gasteiger partial charge in [0.05, 0.1) is 22.8 Å². The van der Waals surface area contributed by atoms with Crippen LogP contribution in [-0.4, -0.2) is 40.4 Å². The molecule has 1 fully saturated rings. The number of carboxylic acids is 1. The molecule has 100 valence electrons. The van der Waals surface area contributed by atoms with Crippen molar-refractivity contribution in [2.75, 3.05) is 11.5 Å². The van der Waals surface area contributed by atoms with Crippen LogP contribution in [0.15, 0.2) is 24.5 Å². The fourth-order valence-electron chi connectivity index (χ4n) is 2.36. The lowest BCUT2D eigenvalue weighted by Gasteiger charge is -2.00. The van der Waals surface area contributed by atoms with Gasteiger partial charge in [0.2, 0.25) is 0 Å². The van der Waals surface area contributed by atoms with Gasteiger partial charge in [0.1, 0.15) is 5.65 Å². The monoisotopic (exact) mass is 280 g/mol. The quantitative estimate of drug-likeness (QED) is 0.884. The average molecular weight is 280 g/mol. The highest BCUT2D eigenvalue weighted by Gasteiger charge is 2.30. The van der Waals surface area contributed by atoms with Crippen LogP contribution in [0.1, 0.15) is 28.4 Å². The third-order valence-electron chi connectivity index (χ3n) is 3.38. The number of aromatic nitrogens is 2. The average Bonchev–Trinajstić information content (AvgIpc) is 2.90. The highest BCUT2D eigenvalue weighted by atomic mass is 32.2. The number of sulfone groups is 1. The van der Waals surface area contributed by atoms with Crippen LogP contribution in [-0.2, 0) is 9.84 Å². The lowest BCUT2D eigenvalue weighted by molar-refractivity contribution is 0.0697. The van der Waals surface area contributed by atoms with Gasteiger partial charge in [-0.1, -0.05) is 0 Å². The lowest BCUT2D eigenvalue weighted by atomic mass is 10.1. The van der Waals surface area contributed by atoms with Crippen molar-refractivity contribution >= 4 is 21.5 Å². The Morgan fingerprint density at radius 2 is 2.26 bits per heavy atom. The molecule has 0 radical (unpaired) electrons. The van der Waals surface area contributed by atoms with E-state index in [4.69, 9.17) is 5.11 Å². The zero-order valence-electron chi connectivity index (χ0n) is 9.98. The summed E-state index contributed by atoms with van der Waals surface area (Å²) >= 11 is 0. The fourth-order valence-corrected chi connectivity index (χ4v) is 4.12. The lowest BCUT2D eigenvalue weighted by Crippen LogP contribution is -2.03. The maximum absolute atomic E-state index is 11.5. The van der Waals surface area contributed by atoms with Gasteiger partial charge in [0.15, 0.2) is 9.84 Å². The van der Waals surface area contributed by atoms with Crippen LogP contribution in [0, 0.1) is 0 Å². The molecule has 1 aliphatic heterocycles. The molecule has 3 heterocycles. The minimum atomic E-state index is -2.95. The minimum Gasteiger partial charge on any atom is -0.478 e. The smallest absolute Gasteiger partial charge is 0.335 e. The van der Waals surface area contributed by atoms with Crippen molar-refractivity contribution in [2.24, 2.45) is 0 Å². The van der Waals surface area contributed by atoms with Crippen LogP contribution in [0.3, 0.4) is 0 Å². The van der Waals surface area contributed by atoms with Crippen LogP contribution in [0.2, 0.25) is 0 Å². The Hall–Kier alpha value is -1.89. The van der Waals surface area contributed by atoms with Gasteiger partial charge in [-0.3, -0.25) is 0 Å². The van der Waals surface area contributed by atoms with Crippen LogP contribution in [0.5, 0.6) is 0 Å². The number of carbonyl (C=O) groups is 1. The summed E-state index contributed by atoms with van der Waals surface area (Å²) in [5, 5.41) is 8.91. The van der Waals surface area contributed by atoms with E-state index in [-0.39, 0.29) is 23.0 Å². The normalized spacial score (nSPS) is 21.8. The molecule has 2 aromatic rings. The molecule has 0 aromatic carbocycles. The number of nitrogens with zero attached hydrogens (tertiary/aromatic N) is 2. The number of pyridine rings is 1. The van der Waals surface area contributed by atoms with Gasteiger partial charge in [-0.15, -0.1) is 0 Å². The number of aromatic carboxylic acids is 1. The Morgan fingerprint density at radius 1 is 1.47 bits per heavy atom. The summed E-state index contributed by atoms with van der Waals surface area (Å²) in [5.74, 6) is -0.761. The Labute approximate surface area is 109 Å². The van der Waals surface area contributed by atoms with Crippen molar-refractivity contribution in [1.29, 1.82) is 0 Å². The van der Waals surface area contributed by atoms with Gasteiger partial charge in [0, 0.05) is 18.3 Å². The van der Waals surface area contributed by atoms with Crippen molar-refractivity contribution in [3.05, 3.63) is 35.8 Å². The molecule has 0 bridgehead atoms. The van der Waals surface area contributed by atoms with E-state index in [0.717, 1.165) is 0 Å². The van der Waals surface area contributed by atoms with Crippen LogP contribution in [0.4, 0.5) is 0 Å². The van der Waals surface area contributed by atoms with Gasteiger partial charge in [-0.05, 0) is 18.6 Å². The molecule has 0 saturated carbocycles. The fraction of sp³-hybridized carbons (Fsp3) is 0.333. The second-order valence-corrected chi connectivity index (χ2v) is 6.98. The second kappa shape index (κ2) is 4.06. The van der Waals surface area contributed by atoms with E-state index in [0.29, 0.717) is 17.8 Å². The molecule has 1 aliphatic rings. The van der Waals surface area contributed by atoms with Crippen molar-refractivity contribution in [3.63, 3.8) is 0 Å². The number of hydrogen-bond acceptors (Lipinski definition) is 4. The van der Waals surface area contributed by atoms with Crippen LogP contribution < -0.4 is 0 Å². The van der Waals surface area contributed by atoms with Crippen LogP contribution in [0.25, 0.3) is 5.65 Å². The van der Waals surface area contributed by atoms with Crippen LogP contribution >= 0.6 is 0 Å². The maximum atomic E-state index is 11.5. The van der Waals surface area contributed by atoms with E-state index >= 15 is 0 Å². The number of fused-ring (bicyclic) bond motifs is 1. The van der Waals surface area contributed by atoms with Crippen molar-refractivity contribution < 1.29 is 18.3 Å². The largest absolute Gasteiger partial charge is 0.478 e. The Balaban J connectivity index is 2.00. The third kappa shape index (κ3) is 2.21. The summed E-state index contributed by atoms with van der Waals surface area (Å²) in [5.41, 5.74) is 1.41. The topological polar surface area (TPSA) is 88.7 Å². The Bertz CT molecular complexity index is 763. The molecule has 1 unspecified atom stereocenters. The first-order valence-corrected chi connectivity index (χ1v) is 7.69. The van der Waals surface area contributed by atoms with Crippen molar-refractivity contribution in [1.82, 2.24) is 9.38 Å². The Morgan fingerprint density at radius 3 is 2.89 bits per heavy atom. The summed E-state index contributed by atoms with van der Waals surface area (Å²) in [6.45, 7) is 0. The molecule has 2 aromatic heterocycles. The predicted molar refractivity (Wildman–Crippen MR) is 68.2 cm³/mol. The molecule has 1 atom stereocenters. The molecular weight excluding hydrogens is 268 g/mol. The van der Waals surface area contributed by atoms with Crippen molar-refractivity contribution in [3.8, 4) is 0 Å². The van der Waals surface area contributed by atoms with E-state index in [1.165, 1.54) is 12.1 Å². The number of carboxylic acid groups (broad SMARTS) is 1. The molecule has 7 heteroatoms. The summed E-state index contributed by atoms with van der Waals surface area (Å²) in [7, 11) is -2.95. The highest BCUT2D eigenvalue weighted by Crippen LogP contribution is 2.28. The van der Waals surface area contributed by atoms with E-state index in [9.17, 15) is 13.2 Å². The predicted octanol–water partition coefficient (Wildman–Crippen LogP) is 0.935. The number of rotatable bonds is 2. The van der Waals surface area contributed by atoms with Gasteiger partial charge in [-0.25, -0.2) is 18.2 Å². The maximum Gasteiger partial charge on any atom is 0.335 e. The molecule has 1 saturated heterocycles. The summed E-state index contributed by atoms with van der Waals surface area (Å²) in [6, 6.07) is 2.97. The van der Waals surface area contributed by atoms with E-state index < -0.39 is 15.8 Å². The summed E-state index contributed by atoms with van der Waals surface area (Å²) < 4.78 is 24.6. The second-order valence-electron chi connectivity index (χ2n) is 4.75. The molecule has 0 aliphatic carbocycles. The van der Waals surface area contributed by atoms with E-state index in [2.05, 4.69) is 4.98 Å². The van der Waals surface area contributed by atoms with Gasteiger partial charge < -0.3 is 9.51 Å². The van der Waals surface area contributed by atoms with E-state index in [1.807, 2.05) is 0 Å². The summed E-state index contributed by atoms with van der Waals surface area (Å²) in [4.78, 5) is 15.2. The molecular formula is C12H12N2O4S. The zero-order valence-corrected chi connectivity index (χ0v) is 10.8. The van der Waals surface area contributed by atoms with E-state index in [1.54, 1.807) is 16.8 Å². The molecule has 3 rings (SSSR count). The highest BCUT2D eigenvalue weighted by molar-refractivity contribution is 7.91. The summed E-state index contributed by atoms with van der Waals surface area (Å²) in [6.07, 6.45) is 3.98.